The highest BCUT2D eigenvalue weighted by Gasteiger charge is 2.40. The summed E-state index contributed by atoms with van der Waals surface area (Å²) in [4.78, 5) is 30.3. The number of likely N-dealkylation sites (tertiary alicyclic amines) is 1. The molecular formula is C32H46N2O7. The van der Waals surface area contributed by atoms with Gasteiger partial charge in [0, 0.05) is 50.8 Å². The van der Waals surface area contributed by atoms with Crippen LogP contribution < -0.4 is 9.47 Å². The Kier molecular flexibility index (Phi) is 11.8. The van der Waals surface area contributed by atoms with Gasteiger partial charge in [0.1, 0.15) is 5.60 Å². The molecule has 1 saturated heterocycles. The molecule has 0 unspecified atom stereocenters. The maximum atomic E-state index is 13.9. The summed E-state index contributed by atoms with van der Waals surface area (Å²) in [5, 5.41) is 0. The number of nitrogens with zero attached hydrogens (tertiary/aromatic N) is 2. The van der Waals surface area contributed by atoms with E-state index in [1.54, 1.807) is 37.3 Å². The molecule has 0 bridgehead atoms. The molecule has 2 aromatic rings. The molecule has 9 nitrogen and oxygen atoms in total. The highest BCUT2D eigenvalue weighted by atomic mass is 16.6. The summed E-state index contributed by atoms with van der Waals surface area (Å²) in [5.41, 5.74) is 0.952. The van der Waals surface area contributed by atoms with Crippen molar-refractivity contribution in [3.63, 3.8) is 0 Å². The molecule has 41 heavy (non-hydrogen) atoms. The summed E-state index contributed by atoms with van der Waals surface area (Å²) in [5.74, 6) is 0.856. The third kappa shape index (κ3) is 9.64. The third-order valence-electron chi connectivity index (χ3n) is 6.82. The fourth-order valence-corrected chi connectivity index (χ4v) is 4.71. The Morgan fingerprint density at radius 3 is 2.37 bits per heavy atom. The minimum absolute atomic E-state index is 0.0824. The van der Waals surface area contributed by atoms with Crippen molar-refractivity contribution in [3.8, 4) is 11.5 Å². The predicted octanol–water partition coefficient (Wildman–Crippen LogP) is 5.41. The zero-order valence-corrected chi connectivity index (χ0v) is 25.6. The van der Waals surface area contributed by atoms with Crippen LogP contribution in [0, 0.1) is 5.92 Å². The third-order valence-corrected chi connectivity index (χ3v) is 6.82. The number of carbonyl (C=O) groups is 2. The van der Waals surface area contributed by atoms with Crippen LogP contribution in [0.25, 0.3) is 0 Å². The van der Waals surface area contributed by atoms with Crippen LogP contribution in [0.1, 0.15) is 57.0 Å². The number of benzene rings is 2. The molecule has 226 valence electrons. The largest absolute Gasteiger partial charge is 0.493 e. The van der Waals surface area contributed by atoms with Gasteiger partial charge in [-0.15, -0.1) is 0 Å². The van der Waals surface area contributed by atoms with Gasteiger partial charge in [0.05, 0.1) is 33.0 Å². The zero-order chi connectivity index (χ0) is 30.0. The summed E-state index contributed by atoms with van der Waals surface area (Å²) in [6.45, 7) is 12.2. The smallest absolute Gasteiger partial charge is 0.410 e. The van der Waals surface area contributed by atoms with E-state index in [1.165, 1.54) is 0 Å². The Labute approximate surface area is 244 Å². The van der Waals surface area contributed by atoms with Gasteiger partial charge in [-0.1, -0.05) is 30.3 Å². The van der Waals surface area contributed by atoms with Gasteiger partial charge in [0.2, 0.25) is 0 Å². The molecule has 9 heteroatoms. The van der Waals surface area contributed by atoms with Gasteiger partial charge in [-0.3, -0.25) is 4.79 Å². The number of hydrogen-bond acceptors (Lipinski definition) is 7. The first-order chi connectivity index (χ1) is 19.5. The SMILES string of the molecule is COCCCOc1cc(C(=O)N(C[C@@H]2CN(C(=O)OC(C)(C)C)C[C@H]2OCc2ccccc2)C(C)C)ccc1OC. The number of hydrogen-bond donors (Lipinski definition) is 0. The number of carbonyl (C=O) groups excluding carboxylic acids is 2. The Morgan fingerprint density at radius 2 is 1.73 bits per heavy atom. The highest BCUT2D eigenvalue weighted by Crippen LogP contribution is 2.30. The van der Waals surface area contributed by atoms with Crippen LogP contribution in [0.2, 0.25) is 0 Å². The quantitative estimate of drug-likeness (QED) is 0.298. The zero-order valence-electron chi connectivity index (χ0n) is 25.6. The summed E-state index contributed by atoms with van der Waals surface area (Å²) >= 11 is 0. The molecule has 0 N–H and O–H groups in total. The molecule has 3 rings (SSSR count). The lowest BCUT2D eigenvalue weighted by Gasteiger charge is -2.31. The first kappa shape index (κ1) is 32.2. The predicted molar refractivity (Wildman–Crippen MR) is 157 cm³/mol. The topological polar surface area (TPSA) is 86.8 Å². The summed E-state index contributed by atoms with van der Waals surface area (Å²) in [6, 6.07) is 15.1. The maximum absolute atomic E-state index is 13.9. The van der Waals surface area contributed by atoms with E-state index in [-0.39, 0.29) is 30.1 Å². The van der Waals surface area contributed by atoms with Crippen LogP contribution in [-0.2, 0) is 20.8 Å². The van der Waals surface area contributed by atoms with E-state index in [4.69, 9.17) is 23.7 Å². The molecular weight excluding hydrogens is 524 g/mol. The molecule has 0 radical (unpaired) electrons. The highest BCUT2D eigenvalue weighted by molar-refractivity contribution is 5.95. The molecule has 0 aromatic heterocycles. The van der Waals surface area contributed by atoms with E-state index >= 15 is 0 Å². The van der Waals surface area contributed by atoms with Crippen molar-refractivity contribution in [1.29, 1.82) is 0 Å². The number of amides is 2. The molecule has 0 aliphatic carbocycles. The number of ether oxygens (including phenoxy) is 5. The number of methoxy groups -OCH3 is 2. The van der Waals surface area contributed by atoms with Crippen LogP contribution in [0.5, 0.6) is 11.5 Å². The average molecular weight is 571 g/mol. The van der Waals surface area contributed by atoms with Crippen LogP contribution in [0.3, 0.4) is 0 Å². The summed E-state index contributed by atoms with van der Waals surface area (Å²) in [7, 11) is 3.22. The Balaban J connectivity index is 1.79. The molecule has 1 fully saturated rings. The fraction of sp³-hybridized carbons (Fsp3) is 0.562. The van der Waals surface area contributed by atoms with Gasteiger partial charge in [-0.2, -0.15) is 0 Å². The van der Waals surface area contributed by atoms with Crippen molar-refractivity contribution in [2.24, 2.45) is 5.92 Å². The Hall–Kier alpha value is -3.30. The molecule has 2 aromatic carbocycles. The van der Waals surface area contributed by atoms with Crippen molar-refractivity contribution < 1.29 is 33.3 Å². The van der Waals surface area contributed by atoms with Crippen molar-refractivity contribution in [2.75, 3.05) is 47.1 Å². The Morgan fingerprint density at radius 1 is 1.00 bits per heavy atom. The lowest BCUT2D eigenvalue weighted by Crippen LogP contribution is -2.43. The van der Waals surface area contributed by atoms with Gasteiger partial charge < -0.3 is 33.5 Å². The lowest BCUT2D eigenvalue weighted by atomic mass is 10.0. The van der Waals surface area contributed by atoms with E-state index in [2.05, 4.69) is 0 Å². The van der Waals surface area contributed by atoms with Crippen LogP contribution in [0.4, 0.5) is 4.79 Å². The Bertz CT molecular complexity index is 1120. The molecule has 1 heterocycles. The minimum Gasteiger partial charge on any atom is -0.493 e. The number of rotatable bonds is 13. The van der Waals surface area contributed by atoms with Gasteiger partial charge in [-0.25, -0.2) is 4.79 Å². The van der Waals surface area contributed by atoms with Crippen molar-refractivity contribution in [3.05, 3.63) is 59.7 Å². The molecule has 0 saturated carbocycles. The van der Waals surface area contributed by atoms with Crippen LogP contribution >= 0.6 is 0 Å². The fourth-order valence-electron chi connectivity index (χ4n) is 4.71. The first-order valence-corrected chi connectivity index (χ1v) is 14.3. The van der Waals surface area contributed by atoms with E-state index in [0.29, 0.717) is 56.5 Å². The van der Waals surface area contributed by atoms with Crippen LogP contribution in [0.15, 0.2) is 48.5 Å². The van der Waals surface area contributed by atoms with Crippen LogP contribution in [-0.4, -0.2) is 86.6 Å². The second kappa shape index (κ2) is 15.1. The van der Waals surface area contributed by atoms with Crippen molar-refractivity contribution in [1.82, 2.24) is 9.80 Å². The standard InChI is InChI=1S/C32H46N2O7/c1-23(2)34(30(35)25-14-15-27(38-7)28(18-25)39-17-11-16-37-6)20-26-19-33(31(36)41-32(3,4)5)21-29(26)40-22-24-12-9-8-10-13-24/h8-10,12-15,18,23,26,29H,11,16-17,19-22H2,1-7H3/t26-,29+/m0/s1. The van der Waals surface area contributed by atoms with Gasteiger partial charge >= 0.3 is 6.09 Å². The summed E-state index contributed by atoms with van der Waals surface area (Å²) in [6.07, 6.45) is 0.0874. The summed E-state index contributed by atoms with van der Waals surface area (Å²) < 4.78 is 28.5. The molecule has 1 aliphatic rings. The average Bonchev–Trinajstić information content (AvgIpc) is 3.35. The van der Waals surface area contributed by atoms with E-state index < -0.39 is 5.60 Å². The van der Waals surface area contributed by atoms with Gasteiger partial charge in [0.15, 0.2) is 11.5 Å². The molecule has 0 spiro atoms. The molecule has 2 atom stereocenters. The van der Waals surface area contributed by atoms with Gasteiger partial charge in [-0.05, 0) is 58.4 Å². The second-order valence-electron chi connectivity index (χ2n) is 11.6. The second-order valence-corrected chi connectivity index (χ2v) is 11.6. The monoisotopic (exact) mass is 570 g/mol. The molecule has 2 amide bonds. The maximum Gasteiger partial charge on any atom is 0.410 e. The molecule has 1 aliphatic heterocycles. The van der Waals surface area contributed by atoms with Gasteiger partial charge in [0.25, 0.3) is 5.91 Å². The minimum atomic E-state index is -0.604. The van der Waals surface area contributed by atoms with Crippen molar-refractivity contribution in [2.45, 2.75) is 65.4 Å². The lowest BCUT2D eigenvalue weighted by molar-refractivity contribution is 0.00622. The first-order valence-electron chi connectivity index (χ1n) is 14.3. The normalized spacial score (nSPS) is 17.0. The van der Waals surface area contributed by atoms with E-state index in [0.717, 1.165) is 12.0 Å². The van der Waals surface area contributed by atoms with E-state index in [1.807, 2.05) is 69.9 Å². The van der Waals surface area contributed by atoms with Crippen molar-refractivity contribution >= 4 is 12.0 Å². The van der Waals surface area contributed by atoms with E-state index in [9.17, 15) is 9.59 Å².